The van der Waals surface area contributed by atoms with Crippen molar-refractivity contribution in [1.82, 2.24) is 4.90 Å². The second kappa shape index (κ2) is 3.69. The Hall–Kier alpha value is -2.17. The lowest BCUT2D eigenvalue weighted by molar-refractivity contribution is -0.384. The van der Waals surface area contributed by atoms with Gasteiger partial charge in [0.15, 0.2) is 0 Å². The summed E-state index contributed by atoms with van der Waals surface area (Å²) in [6.07, 6.45) is 0. The summed E-state index contributed by atoms with van der Waals surface area (Å²) in [4.78, 5) is 23.8. The van der Waals surface area contributed by atoms with E-state index >= 15 is 0 Å². The van der Waals surface area contributed by atoms with E-state index in [4.69, 9.17) is 0 Å². The minimum absolute atomic E-state index is 0.0190. The maximum atomic E-state index is 12.0. The van der Waals surface area contributed by atoms with Gasteiger partial charge in [-0.15, -0.1) is 0 Å². The molecule has 0 radical (unpaired) electrons. The second-order valence-electron chi connectivity index (χ2n) is 4.10. The van der Waals surface area contributed by atoms with Crippen LogP contribution in [0.1, 0.15) is 22.8 Å². The van der Waals surface area contributed by atoms with Crippen molar-refractivity contribution in [2.75, 3.05) is 7.05 Å². The van der Waals surface area contributed by atoms with Crippen LogP contribution in [0.25, 0.3) is 5.57 Å². The number of nitrogens with zero attached hydrogens (tertiary/aromatic N) is 2. The van der Waals surface area contributed by atoms with Gasteiger partial charge in [0, 0.05) is 24.7 Å². The molecule has 0 bridgehead atoms. The number of hydrogen-bond acceptors (Lipinski definition) is 3. The van der Waals surface area contributed by atoms with E-state index < -0.39 is 4.92 Å². The summed E-state index contributed by atoms with van der Waals surface area (Å²) in [5, 5.41) is 10.7. The Balaban J connectivity index is 2.62. The topological polar surface area (TPSA) is 63.5 Å². The fraction of sp³-hybridized carbons (Fsp3) is 0.250. The lowest BCUT2D eigenvalue weighted by Gasteiger charge is -2.33. The van der Waals surface area contributed by atoms with Crippen LogP contribution in [-0.4, -0.2) is 28.8 Å². The van der Waals surface area contributed by atoms with Crippen LogP contribution in [0.2, 0.25) is 0 Å². The molecule has 0 aromatic heterocycles. The molecule has 5 nitrogen and oxygen atoms in total. The fourth-order valence-electron chi connectivity index (χ4n) is 1.92. The average molecular weight is 232 g/mol. The highest BCUT2D eigenvalue weighted by Gasteiger charge is 2.30. The Morgan fingerprint density at radius 2 is 2.06 bits per heavy atom. The van der Waals surface area contributed by atoms with Crippen molar-refractivity contribution in [3.05, 3.63) is 46.0 Å². The van der Waals surface area contributed by atoms with Crippen molar-refractivity contribution in [2.45, 2.75) is 13.0 Å². The predicted octanol–water partition coefficient (Wildman–Crippen LogP) is 2.08. The predicted molar refractivity (Wildman–Crippen MR) is 63.7 cm³/mol. The van der Waals surface area contributed by atoms with Crippen molar-refractivity contribution in [2.24, 2.45) is 0 Å². The van der Waals surface area contributed by atoms with E-state index in [9.17, 15) is 14.9 Å². The summed E-state index contributed by atoms with van der Waals surface area (Å²) in [5.74, 6) is -0.130. The number of hydrogen-bond donors (Lipinski definition) is 0. The van der Waals surface area contributed by atoms with Gasteiger partial charge in [0.25, 0.3) is 11.6 Å². The number of amides is 1. The molecule has 1 atom stereocenters. The van der Waals surface area contributed by atoms with Crippen LogP contribution >= 0.6 is 0 Å². The quantitative estimate of drug-likeness (QED) is 0.550. The Morgan fingerprint density at radius 3 is 2.65 bits per heavy atom. The number of benzene rings is 1. The standard InChI is InChI=1S/C12H12N2O3/c1-7-8(2)13(3)12(15)10-5-4-9(14(16)17)6-11(7)10/h4-6,8H,1H2,2-3H3. The largest absolute Gasteiger partial charge is 0.335 e. The van der Waals surface area contributed by atoms with Gasteiger partial charge >= 0.3 is 0 Å². The van der Waals surface area contributed by atoms with E-state index in [1.807, 2.05) is 6.92 Å². The normalized spacial score (nSPS) is 19.2. The monoisotopic (exact) mass is 232 g/mol. The first kappa shape index (κ1) is 11.3. The van der Waals surface area contributed by atoms with Crippen molar-refractivity contribution in [3.8, 4) is 0 Å². The van der Waals surface area contributed by atoms with E-state index in [-0.39, 0.29) is 17.6 Å². The molecule has 1 aromatic carbocycles. The molecule has 2 rings (SSSR count). The average Bonchev–Trinajstić information content (AvgIpc) is 2.32. The van der Waals surface area contributed by atoms with Crippen LogP contribution in [-0.2, 0) is 0 Å². The van der Waals surface area contributed by atoms with E-state index in [2.05, 4.69) is 6.58 Å². The zero-order valence-corrected chi connectivity index (χ0v) is 9.64. The number of fused-ring (bicyclic) bond motifs is 1. The number of nitro benzene ring substituents is 1. The van der Waals surface area contributed by atoms with Crippen molar-refractivity contribution < 1.29 is 9.72 Å². The number of nitro groups is 1. The fourth-order valence-corrected chi connectivity index (χ4v) is 1.92. The zero-order valence-electron chi connectivity index (χ0n) is 9.64. The third-order valence-corrected chi connectivity index (χ3v) is 3.20. The highest BCUT2D eigenvalue weighted by molar-refractivity contribution is 6.03. The summed E-state index contributed by atoms with van der Waals surface area (Å²) in [5.41, 5.74) is 1.76. The molecule has 1 aromatic rings. The van der Waals surface area contributed by atoms with Crippen LogP contribution in [0.4, 0.5) is 5.69 Å². The summed E-state index contributed by atoms with van der Waals surface area (Å²) in [6.45, 7) is 5.75. The van der Waals surface area contributed by atoms with Crippen LogP contribution in [0.15, 0.2) is 24.8 Å². The highest BCUT2D eigenvalue weighted by Crippen LogP contribution is 2.32. The SMILES string of the molecule is C=C1c2cc([N+](=O)[O-])ccc2C(=O)N(C)C1C. The molecule has 1 unspecified atom stereocenters. The summed E-state index contributed by atoms with van der Waals surface area (Å²) >= 11 is 0. The van der Waals surface area contributed by atoms with Gasteiger partial charge < -0.3 is 4.90 Å². The minimum Gasteiger partial charge on any atom is -0.335 e. The summed E-state index contributed by atoms with van der Waals surface area (Å²) < 4.78 is 0. The van der Waals surface area contributed by atoms with E-state index in [0.29, 0.717) is 11.1 Å². The number of carbonyl (C=O) groups is 1. The maximum Gasteiger partial charge on any atom is 0.270 e. The zero-order chi connectivity index (χ0) is 12.7. The molecule has 1 aliphatic heterocycles. The molecule has 1 heterocycles. The van der Waals surface area contributed by atoms with E-state index in [1.165, 1.54) is 18.2 Å². The molecule has 17 heavy (non-hydrogen) atoms. The molecule has 0 spiro atoms. The molecule has 0 fully saturated rings. The number of carbonyl (C=O) groups excluding carboxylic acids is 1. The lowest BCUT2D eigenvalue weighted by Crippen LogP contribution is -2.40. The molecule has 88 valence electrons. The van der Waals surface area contributed by atoms with Gasteiger partial charge in [-0.3, -0.25) is 14.9 Å². The Morgan fingerprint density at radius 1 is 1.41 bits per heavy atom. The lowest BCUT2D eigenvalue weighted by atomic mass is 9.90. The van der Waals surface area contributed by atoms with Gasteiger partial charge in [0.2, 0.25) is 0 Å². The molecule has 0 aliphatic carbocycles. The Labute approximate surface area is 98.5 Å². The van der Waals surface area contributed by atoms with E-state index in [0.717, 1.165) is 5.57 Å². The van der Waals surface area contributed by atoms with Crippen LogP contribution < -0.4 is 0 Å². The third kappa shape index (κ3) is 1.60. The molecule has 0 saturated carbocycles. The molecule has 5 heteroatoms. The number of rotatable bonds is 1. The van der Waals surface area contributed by atoms with Crippen LogP contribution in [0, 0.1) is 10.1 Å². The smallest absolute Gasteiger partial charge is 0.270 e. The van der Waals surface area contributed by atoms with Gasteiger partial charge in [-0.1, -0.05) is 6.58 Å². The minimum atomic E-state index is -0.471. The van der Waals surface area contributed by atoms with Crippen molar-refractivity contribution in [3.63, 3.8) is 0 Å². The molecular weight excluding hydrogens is 220 g/mol. The van der Waals surface area contributed by atoms with Gasteiger partial charge in [0.1, 0.15) is 0 Å². The Bertz CT molecular complexity index is 537. The second-order valence-corrected chi connectivity index (χ2v) is 4.10. The first-order valence-corrected chi connectivity index (χ1v) is 5.18. The highest BCUT2D eigenvalue weighted by atomic mass is 16.6. The first-order chi connectivity index (χ1) is 7.93. The third-order valence-electron chi connectivity index (χ3n) is 3.20. The molecule has 0 N–H and O–H groups in total. The molecule has 0 saturated heterocycles. The van der Waals surface area contributed by atoms with Crippen molar-refractivity contribution in [1.29, 1.82) is 0 Å². The molecule has 1 aliphatic rings. The van der Waals surface area contributed by atoms with Gasteiger partial charge in [-0.05, 0) is 24.1 Å². The van der Waals surface area contributed by atoms with Gasteiger partial charge in [-0.2, -0.15) is 0 Å². The first-order valence-electron chi connectivity index (χ1n) is 5.18. The van der Waals surface area contributed by atoms with Crippen LogP contribution in [0.3, 0.4) is 0 Å². The summed E-state index contributed by atoms with van der Waals surface area (Å²) in [6, 6.07) is 4.10. The Kier molecular flexibility index (Phi) is 2.46. The van der Waals surface area contributed by atoms with Gasteiger partial charge in [-0.25, -0.2) is 0 Å². The van der Waals surface area contributed by atoms with Crippen LogP contribution in [0.5, 0.6) is 0 Å². The summed E-state index contributed by atoms with van der Waals surface area (Å²) in [7, 11) is 1.70. The van der Waals surface area contributed by atoms with E-state index in [1.54, 1.807) is 11.9 Å². The number of non-ortho nitro benzene ring substituents is 1. The maximum absolute atomic E-state index is 12.0. The number of likely N-dealkylation sites (N-methyl/N-ethyl adjacent to an activating group) is 1. The molecule has 1 amide bonds. The van der Waals surface area contributed by atoms with Gasteiger partial charge in [0.05, 0.1) is 11.0 Å². The van der Waals surface area contributed by atoms with Crippen molar-refractivity contribution >= 4 is 17.2 Å². The molecular formula is C12H12N2O3.